The van der Waals surface area contributed by atoms with Gasteiger partial charge in [-0.25, -0.2) is 0 Å². The average molecular weight is 266 g/mol. The largest absolute Gasteiger partial charge is 0.468 e. The van der Waals surface area contributed by atoms with Crippen molar-refractivity contribution in [3.63, 3.8) is 0 Å². The van der Waals surface area contributed by atoms with Gasteiger partial charge in [0.05, 0.1) is 13.7 Å². The lowest BCUT2D eigenvalue weighted by Gasteiger charge is -2.09. The predicted octanol–water partition coefficient (Wildman–Crippen LogP) is 2.33. The summed E-state index contributed by atoms with van der Waals surface area (Å²) in [4.78, 5) is 23.7. The quantitative estimate of drug-likeness (QED) is 0.420. The third-order valence-corrected chi connectivity index (χ3v) is 4.35. The summed E-state index contributed by atoms with van der Waals surface area (Å²) < 4.78 is 9.75. The Hall–Kier alpha value is -1.32. The lowest BCUT2D eigenvalue weighted by molar-refractivity contribution is -0.159. The Bertz CT molecular complexity index is 401. The van der Waals surface area contributed by atoms with Crippen molar-refractivity contribution in [2.75, 3.05) is 13.7 Å². The van der Waals surface area contributed by atoms with Crippen molar-refractivity contribution in [1.82, 2.24) is 0 Å². The van der Waals surface area contributed by atoms with Crippen molar-refractivity contribution in [3.05, 3.63) is 12.2 Å². The van der Waals surface area contributed by atoms with Crippen LogP contribution in [0.4, 0.5) is 0 Å². The summed E-state index contributed by atoms with van der Waals surface area (Å²) in [6, 6.07) is 0. The number of esters is 2. The molecule has 0 N–H and O–H groups in total. The number of hydrogen-bond acceptors (Lipinski definition) is 4. The van der Waals surface area contributed by atoms with Crippen LogP contribution < -0.4 is 0 Å². The highest BCUT2D eigenvalue weighted by molar-refractivity contribution is 6.06. The zero-order chi connectivity index (χ0) is 14.0. The Morgan fingerprint density at radius 3 is 3.00 bits per heavy atom. The first-order chi connectivity index (χ1) is 9.08. The maximum Gasteiger partial charge on any atom is 0.324 e. The van der Waals surface area contributed by atoms with Gasteiger partial charge in [0.25, 0.3) is 0 Å². The number of methoxy groups -OCH3 is 1. The van der Waals surface area contributed by atoms with E-state index in [0.29, 0.717) is 12.5 Å². The van der Waals surface area contributed by atoms with E-state index in [1.807, 2.05) is 6.08 Å². The summed E-state index contributed by atoms with van der Waals surface area (Å²) in [7, 11) is 1.32. The molecule has 19 heavy (non-hydrogen) atoms. The molecule has 2 fully saturated rings. The van der Waals surface area contributed by atoms with Gasteiger partial charge in [0.15, 0.2) is 5.41 Å². The Kier molecular flexibility index (Phi) is 3.97. The molecule has 0 spiro atoms. The lowest BCUT2D eigenvalue weighted by Crippen LogP contribution is -2.28. The highest BCUT2D eigenvalue weighted by Crippen LogP contribution is 2.64. The number of ether oxygens (including phenoxy) is 2. The van der Waals surface area contributed by atoms with E-state index >= 15 is 0 Å². The fourth-order valence-corrected chi connectivity index (χ4v) is 3.05. The van der Waals surface area contributed by atoms with Gasteiger partial charge in [0.1, 0.15) is 0 Å². The Morgan fingerprint density at radius 2 is 2.37 bits per heavy atom. The van der Waals surface area contributed by atoms with Gasteiger partial charge in [-0.05, 0) is 12.3 Å². The van der Waals surface area contributed by atoms with E-state index in [2.05, 4.69) is 19.9 Å². The third kappa shape index (κ3) is 2.17. The van der Waals surface area contributed by atoms with Gasteiger partial charge in [0.2, 0.25) is 0 Å². The van der Waals surface area contributed by atoms with Gasteiger partial charge in [-0.3, -0.25) is 9.59 Å². The van der Waals surface area contributed by atoms with Crippen LogP contribution in [0.25, 0.3) is 0 Å². The Balaban J connectivity index is 2.01. The molecular weight excluding hydrogens is 244 g/mol. The summed E-state index contributed by atoms with van der Waals surface area (Å²) in [5.74, 6) is -0.449. The van der Waals surface area contributed by atoms with E-state index in [0.717, 1.165) is 6.42 Å². The number of cyclic esters (lactones) is 1. The van der Waals surface area contributed by atoms with E-state index < -0.39 is 17.4 Å². The number of unbranched alkanes of at least 4 members (excludes halogenated alkanes) is 1. The van der Waals surface area contributed by atoms with Crippen LogP contribution in [-0.2, 0) is 19.1 Å². The second kappa shape index (κ2) is 5.35. The fraction of sp³-hybridized carbons (Fsp3) is 0.733. The van der Waals surface area contributed by atoms with Gasteiger partial charge in [0, 0.05) is 11.8 Å². The molecule has 4 unspecified atom stereocenters. The first kappa shape index (κ1) is 14.1. The van der Waals surface area contributed by atoms with Gasteiger partial charge in [-0.2, -0.15) is 0 Å². The maximum atomic E-state index is 11.9. The van der Waals surface area contributed by atoms with Crippen LogP contribution >= 0.6 is 0 Å². The van der Waals surface area contributed by atoms with Gasteiger partial charge in [-0.1, -0.05) is 38.8 Å². The minimum atomic E-state index is -1.03. The van der Waals surface area contributed by atoms with E-state index in [1.54, 1.807) is 0 Å². The maximum absolute atomic E-state index is 11.9. The number of allylic oxidation sites excluding steroid dienone is 2. The third-order valence-electron chi connectivity index (χ3n) is 4.35. The SMILES string of the molecule is CCCCC(C)C=CC1C2COC(=O)C12C(=O)OC. The number of rotatable bonds is 6. The van der Waals surface area contributed by atoms with E-state index in [9.17, 15) is 9.59 Å². The molecule has 2 aliphatic rings. The van der Waals surface area contributed by atoms with Crippen LogP contribution in [-0.4, -0.2) is 25.7 Å². The highest BCUT2D eigenvalue weighted by atomic mass is 16.6. The molecule has 4 nitrogen and oxygen atoms in total. The Labute approximate surface area is 114 Å². The standard InChI is InChI=1S/C15H22O4/c1-4-5-6-10(2)7-8-11-12-9-19-14(17)15(11,12)13(16)18-3/h7-8,10-12H,4-6,9H2,1-3H3. The summed E-state index contributed by atoms with van der Waals surface area (Å²) in [5.41, 5.74) is -1.03. The minimum absolute atomic E-state index is 0.0259. The number of carbonyl (C=O) groups is 2. The smallest absolute Gasteiger partial charge is 0.324 e. The molecule has 0 radical (unpaired) electrons. The molecule has 1 aliphatic carbocycles. The molecule has 106 valence electrons. The van der Waals surface area contributed by atoms with Gasteiger partial charge >= 0.3 is 11.9 Å². The van der Waals surface area contributed by atoms with E-state index in [1.165, 1.54) is 20.0 Å². The van der Waals surface area contributed by atoms with Crippen LogP contribution in [0.3, 0.4) is 0 Å². The van der Waals surface area contributed by atoms with Crippen molar-refractivity contribution >= 4 is 11.9 Å². The Morgan fingerprint density at radius 1 is 1.63 bits per heavy atom. The molecule has 1 saturated carbocycles. The summed E-state index contributed by atoms with van der Waals surface area (Å²) in [6.45, 7) is 4.67. The van der Waals surface area contributed by atoms with E-state index in [-0.39, 0.29) is 11.8 Å². The second-order valence-corrected chi connectivity index (χ2v) is 5.60. The molecule has 0 aromatic rings. The van der Waals surface area contributed by atoms with Crippen molar-refractivity contribution in [1.29, 1.82) is 0 Å². The van der Waals surface area contributed by atoms with Crippen molar-refractivity contribution in [3.8, 4) is 0 Å². The van der Waals surface area contributed by atoms with Crippen LogP contribution in [0, 0.1) is 23.2 Å². The zero-order valence-electron chi connectivity index (χ0n) is 11.8. The van der Waals surface area contributed by atoms with Crippen molar-refractivity contribution < 1.29 is 19.1 Å². The monoisotopic (exact) mass is 266 g/mol. The molecule has 1 aliphatic heterocycles. The highest BCUT2D eigenvalue weighted by Gasteiger charge is 2.79. The molecule has 4 heteroatoms. The normalized spacial score (nSPS) is 33.9. The first-order valence-electron chi connectivity index (χ1n) is 7.03. The van der Waals surface area contributed by atoms with Crippen LogP contribution in [0.15, 0.2) is 12.2 Å². The number of hydrogen-bond donors (Lipinski definition) is 0. The van der Waals surface area contributed by atoms with Gasteiger partial charge < -0.3 is 9.47 Å². The summed E-state index contributed by atoms with van der Waals surface area (Å²) in [6.07, 6.45) is 7.66. The molecular formula is C15H22O4. The van der Waals surface area contributed by atoms with Gasteiger partial charge in [-0.15, -0.1) is 0 Å². The van der Waals surface area contributed by atoms with Crippen LogP contribution in [0.5, 0.6) is 0 Å². The molecule has 2 rings (SSSR count). The number of carbonyl (C=O) groups excluding carboxylic acids is 2. The minimum Gasteiger partial charge on any atom is -0.468 e. The fourth-order valence-electron chi connectivity index (χ4n) is 3.05. The molecule has 1 heterocycles. The molecule has 0 bridgehead atoms. The van der Waals surface area contributed by atoms with Crippen molar-refractivity contribution in [2.24, 2.45) is 23.2 Å². The predicted molar refractivity (Wildman–Crippen MR) is 70.2 cm³/mol. The van der Waals surface area contributed by atoms with Crippen LogP contribution in [0.2, 0.25) is 0 Å². The second-order valence-electron chi connectivity index (χ2n) is 5.60. The topological polar surface area (TPSA) is 52.6 Å². The lowest BCUT2D eigenvalue weighted by atomic mass is 10.0. The van der Waals surface area contributed by atoms with Crippen LogP contribution in [0.1, 0.15) is 33.1 Å². The molecule has 1 saturated heterocycles. The molecule has 0 aromatic heterocycles. The van der Waals surface area contributed by atoms with E-state index in [4.69, 9.17) is 9.47 Å². The summed E-state index contributed by atoms with van der Waals surface area (Å²) >= 11 is 0. The zero-order valence-corrected chi connectivity index (χ0v) is 11.8. The number of fused-ring (bicyclic) bond motifs is 1. The summed E-state index contributed by atoms with van der Waals surface area (Å²) in [5, 5.41) is 0. The average Bonchev–Trinajstić information content (AvgIpc) is 2.95. The molecule has 0 amide bonds. The molecule has 0 aromatic carbocycles. The first-order valence-corrected chi connectivity index (χ1v) is 7.03. The molecule has 4 atom stereocenters. The van der Waals surface area contributed by atoms with Crippen molar-refractivity contribution in [2.45, 2.75) is 33.1 Å².